The van der Waals surface area contributed by atoms with E-state index in [1.807, 2.05) is 19.9 Å². The van der Waals surface area contributed by atoms with Crippen molar-refractivity contribution in [2.75, 3.05) is 6.61 Å². The van der Waals surface area contributed by atoms with E-state index in [4.69, 9.17) is 9.47 Å². The zero-order chi connectivity index (χ0) is 11.4. The van der Waals surface area contributed by atoms with Crippen LogP contribution in [0.5, 0.6) is 0 Å². The van der Waals surface area contributed by atoms with Crippen molar-refractivity contribution in [3.05, 3.63) is 47.7 Å². The Morgan fingerprint density at radius 1 is 1.31 bits per heavy atom. The number of hydrogen-bond donors (Lipinski definition) is 0. The van der Waals surface area contributed by atoms with Crippen LogP contribution in [0.2, 0.25) is 0 Å². The van der Waals surface area contributed by atoms with E-state index < -0.39 is 0 Å². The van der Waals surface area contributed by atoms with Gasteiger partial charge < -0.3 is 9.47 Å². The predicted octanol–water partition coefficient (Wildman–Crippen LogP) is 3.46. The second kappa shape index (κ2) is 5.17. The average molecular weight is 218 g/mol. The van der Waals surface area contributed by atoms with Crippen LogP contribution in [0.1, 0.15) is 31.7 Å². The molecule has 2 atom stereocenters. The third-order valence-corrected chi connectivity index (χ3v) is 2.78. The Morgan fingerprint density at radius 2 is 2.06 bits per heavy atom. The lowest BCUT2D eigenvalue weighted by atomic mass is 9.93. The average Bonchev–Trinajstić information content (AvgIpc) is 2.30. The van der Waals surface area contributed by atoms with Gasteiger partial charge in [-0.15, -0.1) is 0 Å². The van der Waals surface area contributed by atoms with Gasteiger partial charge in [0.15, 0.2) is 6.29 Å². The standard InChI is InChI=1S/C14H18O2/c1-3-15-14-10-13(9-11(2)16-14)12-7-5-4-6-8-12/h4-9,13-14H,3,10H2,1-2H3/t13-,14+/m1/s1. The van der Waals surface area contributed by atoms with Gasteiger partial charge in [0.2, 0.25) is 0 Å². The van der Waals surface area contributed by atoms with E-state index in [2.05, 4.69) is 30.3 Å². The molecule has 2 heteroatoms. The van der Waals surface area contributed by atoms with Crippen LogP contribution in [0, 0.1) is 0 Å². The molecule has 0 fully saturated rings. The fraction of sp³-hybridized carbons (Fsp3) is 0.429. The summed E-state index contributed by atoms with van der Waals surface area (Å²) in [6.07, 6.45) is 2.97. The summed E-state index contributed by atoms with van der Waals surface area (Å²) in [5.74, 6) is 1.37. The Balaban J connectivity index is 2.13. The maximum absolute atomic E-state index is 5.62. The molecule has 2 rings (SSSR count). The molecule has 16 heavy (non-hydrogen) atoms. The maximum Gasteiger partial charge on any atom is 0.200 e. The third-order valence-electron chi connectivity index (χ3n) is 2.78. The van der Waals surface area contributed by atoms with Crippen LogP contribution in [-0.2, 0) is 9.47 Å². The van der Waals surface area contributed by atoms with E-state index in [0.29, 0.717) is 12.5 Å². The Labute approximate surface area is 96.9 Å². The first-order chi connectivity index (χ1) is 7.79. The van der Waals surface area contributed by atoms with Crippen molar-refractivity contribution in [2.45, 2.75) is 32.5 Å². The summed E-state index contributed by atoms with van der Waals surface area (Å²) < 4.78 is 11.2. The highest BCUT2D eigenvalue weighted by Gasteiger charge is 2.22. The molecule has 0 bridgehead atoms. The number of allylic oxidation sites excluding steroid dienone is 2. The lowest BCUT2D eigenvalue weighted by Crippen LogP contribution is -2.23. The molecule has 1 aliphatic heterocycles. The molecule has 0 saturated carbocycles. The van der Waals surface area contributed by atoms with E-state index in [1.165, 1.54) is 5.56 Å². The third kappa shape index (κ3) is 2.64. The SMILES string of the molecule is CCO[C@@H]1C[C@H](c2ccccc2)C=C(C)O1. The van der Waals surface area contributed by atoms with Crippen molar-refractivity contribution >= 4 is 0 Å². The van der Waals surface area contributed by atoms with Crippen molar-refractivity contribution in [3.63, 3.8) is 0 Å². The molecule has 1 aromatic rings. The molecule has 0 radical (unpaired) electrons. The molecule has 1 heterocycles. The minimum Gasteiger partial charge on any atom is -0.470 e. The Kier molecular flexibility index (Phi) is 3.62. The lowest BCUT2D eigenvalue weighted by molar-refractivity contribution is -0.124. The van der Waals surface area contributed by atoms with Crippen LogP contribution in [0.25, 0.3) is 0 Å². The van der Waals surface area contributed by atoms with Gasteiger partial charge in [-0.2, -0.15) is 0 Å². The highest BCUT2D eigenvalue weighted by atomic mass is 16.7. The molecule has 0 N–H and O–H groups in total. The summed E-state index contributed by atoms with van der Waals surface area (Å²) in [6, 6.07) is 10.5. The van der Waals surface area contributed by atoms with Crippen LogP contribution in [0.3, 0.4) is 0 Å². The minimum absolute atomic E-state index is 0.0970. The van der Waals surface area contributed by atoms with E-state index >= 15 is 0 Å². The van der Waals surface area contributed by atoms with Gasteiger partial charge in [0.1, 0.15) is 0 Å². The topological polar surface area (TPSA) is 18.5 Å². The molecule has 0 amide bonds. The minimum atomic E-state index is -0.0970. The van der Waals surface area contributed by atoms with Gasteiger partial charge in [0.25, 0.3) is 0 Å². The molecule has 1 aromatic carbocycles. The van der Waals surface area contributed by atoms with Gasteiger partial charge in [-0.05, 0) is 25.5 Å². The number of benzene rings is 1. The number of hydrogen-bond acceptors (Lipinski definition) is 2. The van der Waals surface area contributed by atoms with Crippen molar-refractivity contribution in [3.8, 4) is 0 Å². The van der Waals surface area contributed by atoms with Gasteiger partial charge in [0.05, 0.1) is 5.76 Å². The fourth-order valence-electron chi connectivity index (χ4n) is 2.07. The van der Waals surface area contributed by atoms with E-state index in [1.54, 1.807) is 0 Å². The summed E-state index contributed by atoms with van der Waals surface area (Å²) >= 11 is 0. The molecule has 0 spiro atoms. The van der Waals surface area contributed by atoms with Crippen molar-refractivity contribution < 1.29 is 9.47 Å². The van der Waals surface area contributed by atoms with Gasteiger partial charge in [-0.3, -0.25) is 0 Å². The number of ether oxygens (including phenoxy) is 2. The van der Waals surface area contributed by atoms with E-state index in [-0.39, 0.29) is 6.29 Å². The van der Waals surface area contributed by atoms with Crippen molar-refractivity contribution in [2.24, 2.45) is 0 Å². The molecular weight excluding hydrogens is 200 g/mol. The Morgan fingerprint density at radius 3 is 2.75 bits per heavy atom. The van der Waals surface area contributed by atoms with Gasteiger partial charge >= 0.3 is 0 Å². The monoisotopic (exact) mass is 218 g/mol. The maximum atomic E-state index is 5.62. The summed E-state index contributed by atoms with van der Waals surface area (Å²) in [6.45, 7) is 4.68. The lowest BCUT2D eigenvalue weighted by Gasteiger charge is -2.28. The zero-order valence-corrected chi connectivity index (χ0v) is 9.85. The predicted molar refractivity (Wildman–Crippen MR) is 64.1 cm³/mol. The zero-order valence-electron chi connectivity index (χ0n) is 9.85. The molecule has 1 aliphatic rings. The highest BCUT2D eigenvalue weighted by Crippen LogP contribution is 2.30. The van der Waals surface area contributed by atoms with Crippen LogP contribution in [0.4, 0.5) is 0 Å². The van der Waals surface area contributed by atoms with Gasteiger partial charge in [0, 0.05) is 18.9 Å². The van der Waals surface area contributed by atoms with Crippen LogP contribution in [0.15, 0.2) is 42.2 Å². The fourth-order valence-corrected chi connectivity index (χ4v) is 2.07. The first-order valence-corrected chi connectivity index (χ1v) is 5.81. The molecule has 0 aliphatic carbocycles. The second-order valence-corrected chi connectivity index (χ2v) is 4.03. The summed E-state index contributed by atoms with van der Waals surface area (Å²) in [5, 5.41) is 0. The second-order valence-electron chi connectivity index (χ2n) is 4.03. The molecule has 2 nitrogen and oxygen atoms in total. The Hall–Kier alpha value is -1.28. The smallest absolute Gasteiger partial charge is 0.200 e. The van der Waals surface area contributed by atoms with Crippen LogP contribution < -0.4 is 0 Å². The highest BCUT2D eigenvalue weighted by molar-refractivity contribution is 5.25. The number of rotatable bonds is 3. The first-order valence-electron chi connectivity index (χ1n) is 5.81. The van der Waals surface area contributed by atoms with E-state index in [9.17, 15) is 0 Å². The van der Waals surface area contributed by atoms with Crippen molar-refractivity contribution in [1.82, 2.24) is 0 Å². The summed E-state index contributed by atoms with van der Waals surface area (Å²) in [5.41, 5.74) is 1.33. The van der Waals surface area contributed by atoms with Gasteiger partial charge in [-0.1, -0.05) is 30.3 Å². The van der Waals surface area contributed by atoms with E-state index in [0.717, 1.165) is 12.2 Å². The molecule has 0 unspecified atom stereocenters. The molecule has 0 saturated heterocycles. The quantitative estimate of drug-likeness (QED) is 0.773. The normalized spacial score (nSPS) is 24.8. The Bertz CT molecular complexity index is 356. The molecule has 0 aromatic heterocycles. The summed E-state index contributed by atoms with van der Waals surface area (Å²) in [7, 11) is 0. The molecule has 86 valence electrons. The first kappa shape index (κ1) is 11.2. The van der Waals surface area contributed by atoms with Crippen LogP contribution in [-0.4, -0.2) is 12.9 Å². The van der Waals surface area contributed by atoms with Crippen molar-refractivity contribution in [1.29, 1.82) is 0 Å². The largest absolute Gasteiger partial charge is 0.470 e. The van der Waals surface area contributed by atoms with Gasteiger partial charge in [-0.25, -0.2) is 0 Å². The van der Waals surface area contributed by atoms with Crippen LogP contribution >= 0.6 is 0 Å². The summed E-state index contributed by atoms with van der Waals surface area (Å²) in [4.78, 5) is 0. The molecular formula is C14H18O2.